The lowest BCUT2D eigenvalue weighted by Crippen LogP contribution is -2.37. The Kier molecular flexibility index (Phi) is 5.41. The molecule has 2 amide bonds. The number of aromatic nitrogens is 2. The van der Waals surface area contributed by atoms with Crippen molar-refractivity contribution in [2.45, 2.75) is 64.0 Å². The molecule has 1 aliphatic heterocycles. The summed E-state index contributed by atoms with van der Waals surface area (Å²) >= 11 is 0. The average Bonchev–Trinajstić information content (AvgIpc) is 3.09. The first-order valence-electron chi connectivity index (χ1n) is 10.1. The van der Waals surface area contributed by atoms with Crippen molar-refractivity contribution in [1.82, 2.24) is 14.9 Å². The fourth-order valence-corrected chi connectivity index (χ4v) is 4.15. The highest BCUT2D eigenvalue weighted by molar-refractivity contribution is 6.05. The number of nitrogens with one attached hydrogen (secondary N) is 2. The van der Waals surface area contributed by atoms with E-state index in [4.69, 9.17) is 0 Å². The van der Waals surface area contributed by atoms with Gasteiger partial charge in [0.05, 0.1) is 5.69 Å². The normalized spacial score (nSPS) is 17.0. The number of carbonyl (C=O) groups excluding carboxylic acids is 2. The summed E-state index contributed by atoms with van der Waals surface area (Å²) in [5, 5.41) is 5.79. The van der Waals surface area contributed by atoms with Crippen molar-refractivity contribution >= 4 is 17.5 Å². The van der Waals surface area contributed by atoms with Gasteiger partial charge in [0.15, 0.2) is 11.5 Å². The van der Waals surface area contributed by atoms with Crippen LogP contribution in [0.3, 0.4) is 0 Å². The number of amides is 2. The van der Waals surface area contributed by atoms with Crippen molar-refractivity contribution in [2.24, 2.45) is 0 Å². The van der Waals surface area contributed by atoms with Gasteiger partial charge >= 0.3 is 0 Å². The maximum absolute atomic E-state index is 13.4. The number of imidazole rings is 1. The molecule has 0 bridgehead atoms. The van der Waals surface area contributed by atoms with E-state index in [9.17, 15) is 14.0 Å². The van der Waals surface area contributed by atoms with Crippen LogP contribution in [0.5, 0.6) is 0 Å². The van der Waals surface area contributed by atoms with E-state index < -0.39 is 11.7 Å². The van der Waals surface area contributed by atoms with E-state index >= 15 is 0 Å². The molecule has 2 aliphatic rings. The highest BCUT2D eigenvalue weighted by atomic mass is 19.1. The van der Waals surface area contributed by atoms with E-state index in [0.29, 0.717) is 24.5 Å². The molecule has 2 N–H and O–H groups in total. The molecule has 1 aromatic heterocycles. The van der Waals surface area contributed by atoms with Gasteiger partial charge in [0.25, 0.3) is 11.8 Å². The number of anilines is 1. The summed E-state index contributed by atoms with van der Waals surface area (Å²) < 4.78 is 15.3. The van der Waals surface area contributed by atoms with Gasteiger partial charge in [-0.25, -0.2) is 9.37 Å². The summed E-state index contributed by atoms with van der Waals surface area (Å²) in [6, 6.07) is 5.93. The third-order valence-corrected chi connectivity index (χ3v) is 5.56. The van der Waals surface area contributed by atoms with Gasteiger partial charge in [0.2, 0.25) is 0 Å². The molecule has 1 fully saturated rings. The van der Waals surface area contributed by atoms with Gasteiger partial charge in [-0.15, -0.1) is 0 Å². The van der Waals surface area contributed by atoms with Crippen molar-refractivity contribution < 1.29 is 14.0 Å². The topological polar surface area (TPSA) is 76.0 Å². The molecule has 1 aromatic carbocycles. The Balaban J connectivity index is 1.57. The second kappa shape index (κ2) is 8.12. The summed E-state index contributed by atoms with van der Waals surface area (Å²) in [7, 11) is 0. The molecule has 0 spiro atoms. The van der Waals surface area contributed by atoms with E-state index in [2.05, 4.69) is 15.6 Å². The molecule has 0 atom stereocenters. The summed E-state index contributed by atoms with van der Waals surface area (Å²) in [5.74, 6) is -0.727. The number of rotatable bonds is 4. The zero-order valence-corrected chi connectivity index (χ0v) is 15.8. The Morgan fingerprint density at radius 2 is 1.89 bits per heavy atom. The predicted molar refractivity (Wildman–Crippen MR) is 104 cm³/mol. The fourth-order valence-electron chi connectivity index (χ4n) is 4.15. The third kappa shape index (κ3) is 3.93. The van der Waals surface area contributed by atoms with Crippen LogP contribution in [0.15, 0.2) is 24.3 Å². The summed E-state index contributed by atoms with van der Waals surface area (Å²) in [5.41, 5.74) is 1.42. The lowest BCUT2D eigenvalue weighted by Gasteiger charge is -2.23. The fraction of sp³-hybridized carbons (Fsp3) is 0.476. The van der Waals surface area contributed by atoms with Gasteiger partial charge in [-0.05, 0) is 50.3 Å². The minimum absolute atomic E-state index is 0.183. The van der Waals surface area contributed by atoms with Crippen molar-refractivity contribution in [3.63, 3.8) is 0 Å². The van der Waals surface area contributed by atoms with Crippen molar-refractivity contribution in [3.05, 3.63) is 47.3 Å². The number of hydrogen-bond acceptors (Lipinski definition) is 3. The number of benzene rings is 1. The van der Waals surface area contributed by atoms with E-state index in [1.165, 1.54) is 24.6 Å². The number of hydrogen-bond donors (Lipinski definition) is 2. The molecule has 0 saturated heterocycles. The smallest absolute Gasteiger partial charge is 0.287 e. The van der Waals surface area contributed by atoms with Crippen LogP contribution in [0.2, 0.25) is 0 Å². The molecular formula is C21H25FN4O2. The van der Waals surface area contributed by atoms with Crippen LogP contribution in [0.25, 0.3) is 0 Å². The molecule has 1 saturated carbocycles. The minimum atomic E-state index is -0.419. The van der Waals surface area contributed by atoms with Gasteiger partial charge in [0.1, 0.15) is 5.82 Å². The Morgan fingerprint density at radius 3 is 2.68 bits per heavy atom. The summed E-state index contributed by atoms with van der Waals surface area (Å²) in [4.78, 5) is 30.1. The predicted octanol–water partition coefficient (Wildman–Crippen LogP) is 3.67. The van der Waals surface area contributed by atoms with E-state index in [-0.39, 0.29) is 17.6 Å². The van der Waals surface area contributed by atoms with Gasteiger partial charge in [0, 0.05) is 18.3 Å². The number of carbonyl (C=O) groups is 2. The van der Waals surface area contributed by atoms with E-state index in [1.54, 1.807) is 6.07 Å². The lowest BCUT2D eigenvalue weighted by molar-refractivity contribution is 0.0911. The van der Waals surface area contributed by atoms with Crippen LogP contribution >= 0.6 is 0 Å². The van der Waals surface area contributed by atoms with Crippen molar-refractivity contribution in [2.75, 3.05) is 5.32 Å². The molecule has 148 valence electrons. The van der Waals surface area contributed by atoms with Crippen LogP contribution in [-0.4, -0.2) is 27.4 Å². The van der Waals surface area contributed by atoms with Gasteiger partial charge < -0.3 is 15.2 Å². The minimum Gasteiger partial charge on any atom is -0.347 e. The van der Waals surface area contributed by atoms with Crippen molar-refractivity contribution in [3.8, 4) is 0 Å². The molecule has 2 aromatic rings. The first kappa shape index (κ1) is 18.7. The largest absolute Gasteiger partial charge is 0.347 e. The Labute approximate surface area is 163 Å². The van der Waals surface area contributed by atoms with E-state index in [0.717, 1.165) is 44.2 Å². The SMILES string of the molecule is O=C(Nc1cccc(F)c1)c1nc(C(=O)NC2CCCCC2)n2c1CCCC2. The highest BCUT2D eigenvalue weighted by Gasteiger charge is 2.28. The zero-order chi connectivity index (χ0) is 19.5. The molecule has 0 unspecified atom stereocenters. The molecular weight excluding hydrogens is 359 g/mol. The quantitative estimate of drug-likeness (QED) is 0.844. The lowest BCUT2D eigenvalue weighted by atomic mass is 9.95. The number of halogens is 1. The van der Waals surface area contributed by atoms with Gasteiger partial charge in [-0.3, -0.25) is 9.59 Å². The monoisotopic (exact) mass is 384 g/mol. The van der Waals surface area contributed by atoms with Gasteiger partial charge in [-0.2, -0.15) is 0 Å². The zero-order valence-electron chi connectivity index (χ0n) is 15.8. The van der Waals surface area contributed by atoms with Crippen LogP contribution < -0.4 is 10.6 Å². The van der Waals surface area contributed by atoms with Crippen LogP contribution in [0.1, 0.15) is 71.7 Å². The van der Waals surface area contributed by atoms with Crippen molar-refractivity contribution in [1.29, 1.82) is 0 Å². The molecule has 2 heterocycles. The Hall–Kier alpha value is -2.70. The second-order valence-electron chi connectivity index (χ2n) is 7.61. The maximum atomic E-state index is 13.4. The first-order chi connectivity index (χ1) is 13.6. The molecule has 0 radical (unpaired) electrons. The maximum Gasteiger partial charge on any atom is 0.287 e. The van der Waals surface area contributed by atoms with Gasteiger partial charge in [-0.1, -0.05) is 25.3 Å². The number of fused-ring (bicyclic) bond motifs is 1. The Bertz CT molecular complexity index is 887. The molecule has 28 heavy (non-hydrogen) atoms. The Morgan fingerprint density at radius 1 is 1.07 bits per heavy atom. The second-order valence-corrected chi connectivity index (χ2v) is 7.61. The molecule has 4 rings (SSSR count). The molecule has 7 heteroatoms. The summed E-state index contributed by atoms with van der Waals surface area (Å²) in [6.07, 6.45) is 8.08. The molecule has 1 aliphatic carbocycles. The highest BCUT2D eigenvalue weighted by Crippen LogP contribution is 2.23. The standard InChI is InChI=1S/C21H25FN4O2/c22-14-7-6-10-16(13-14)24-20(27)18-17-11-4-5-12-26(17)19(25-18)21(28)23-15-8-2-1-3-9-15/h6-7,10,13,15H,1-5,8-9,11-12H2,(H,23,28)(H,24,27). The van der Waals surface area contributed by atoms with Crippen LogP contribution in [0, 0.1) is 5.82 Å². The average molecular weight is 384 g/mol. The third-order valence-electron chi connectivity index (χ3n) is 5.56. The van der Waals surface area contributed by atoms with Crippen LogP contribution in [-0.2, 0) is 13.0 Å². The first-order valence-corrected chi connectivity index (χ1v) is 10.1. The van der Waals surface area contributed by atoms with E-state index in [1.807, 2.05) is 4.57 Å². The van der Waals surface area contributed by atoms with Crippen LogP contribution in [0.4, 0.5) is 10.1 Å². The number of nitrogens with zero attached hydrogens (tertiary/aromatic N) is 2. The molecule has 6 nitrogen and oxygen atoms in total. The summed E-state index contributed by atoms with van der Waals surface area (Å²) in [6.45, 7) is 0.684.